The number of rotatable bonds is 0. The molecule has 0 atom stereocenters. The van der Waals surface area contributed by atoms with Crippen molar-refractivity contribution in [3.63, 3.8) is 0 Å². The number of fused-ring (bicyclic) bond motifs is 2. The van der Waals surface area contributed by atoms with Crippen molar-refractivity contribution in [1.29, 1.82) is 0 Å². The molecule has 0 saturated carbocycles. The van der Waals surface area contributed by atoms with E-state index in [1.165, 1.54) is 26.5 Å². The van der Waals surface area contributed by atoms with Gasteiger partial charge in [0.25, 0.3) is 0 Å². The Balaban J connectivity index is 2.33. The lowest BCUT2D eigenvalue weighted by Crippen LogP contribution is -1.98. The van der Waals surface area contributed by atoms with E-state index in [4.69, 9.17) is 0 Å². The van der Waals surface area contributed by atoms with E-state index >= 15 is 0 Å². The van der Waals surface area contributed by atoms with Gasteiger partial charge in [0.1, 0.15) is 0 Å². The third-order valence-electron chi connectivity index (χ3n) is 2.72. The lowest BCUT2D eigenvalue weighted by Gasteiger charge is -2.22. The van der Waals surface area contributed by atoms with Crippen LogP contribution in [-0.2, 0) is 0 Å². The van der Waals surface area contributed by atoms with E-state index in [1.54, 1.807) is 0 Å². The Morgan fingerprint density at radius 1 is 0.765 bits per heavy atom. The summed E-state index contributed by atoms with van der Waals surface area (Å²) in [5.74, 6) is 0. The quantitative estimate of drug-likeness (QED) is 0.494. The first-order chi connectivity index (χ1) is 8.27. The topological polar surface area (TPSA) is 0 Å². The van der Waals surface area contributed by atoms with Gasteiger partial charge in [-0.15, -0.1) is 0 Å². The molecule has 0 unspecified atom stereocenters. The van der Waals surface area contributed by atoms with Gasteiger partial charge in [0.05, 0.1) is 3.39 Å². The van der Waals surface area contributed by atoms with Crippen molar-refractivity contribution in [3.05, 3.63) is 63.0 Å². The molecule has 0 bridgehead atoms. The van der Waals surface area contributed by atoms with Crippen LogP contribution in [0.1, 0.15) is 11.1 Å². The van der Waals surface area contributed by atoms with Crippen molar-refractivity contribution in [1.82, 2.24) is 0 Å². The average Bonchev–Trinajstić information content (AvgIpc) is 2.35. The molecule has 0 radical (unpaired) electrons. The Morgan fingerprint density at radius 3 is 1.71 bits per heavy atom. The highest BCUT2D eigenvalue weighted by Crippen LogP contribution is 2.47. The van der Waals surface area contributed by atoms with Crippen molar-refractivity contribution < 1.29 is 0 Å². The van der Waals surface area contributed by atoms with Crippen LogP contribution in [0, 0.1) is 0 Å². The van der Waals surface area contributed by atoms with Crippen LogP contribution in [0.2, 0.25) is 0 Å². The molecule has 1 aliphatic rings. The first-order valence-corrected chi connectivity index (χ1v) is 7.59. The Kier molecular flexibility index (Phi) is 3.16. The lowest BCUT2D eigenvalue weighted by atomic mass is 9.99. The first kappa shape index (κ1) is 11.6. The van der Waals surface area contributed by atoms with Gasteiger partial charge in [-0.3, -0.25) is 0 Å². The molecular formula is C14H8Br2S. The summed E-state index contributed by atoms with van der Waals surface area (Å²) in [6.07, 6.45) is 0. The average molecular weight is 368 g/mol. The van der Waals surface area contributed by atoms with E-state index in [0.29, 0.717) is 0 Å². The Bertz CT molecular complexity index is 566. The third-order valence-corrected chi connectivity index (χ3v) is 4.67. The highest BCUT2D eigenvalue weighted by atomic mass is 79.9. The van der Waals surface area contributed by atoms with Gasteiger partial charge >= 0.3 is 0 Å². The molecule has 2 aromatic rings. The van der Waals surface area contributed by atoms with Crippen LogP contribution in [0.5, 0.6) is 0 Å². The maximum atomic E-state index is 3.56. The van der Waals surface area contributed by atoms with Crippen LogP contribution in [0.3, 0.4) is 0 Å². The van der Waals surface area contributed by atoms with Gasteiger partial charge in [0.15, 0.2) is 0 Å². The van der Waals surface area contributed by atoms with E-state index in [2.05, 4.69) is 80.4 Å². The molecule has 17 heavy (non-hydrogen) atoms. The zero-order chi connectivity index (χ0) is 11.8. The predicted octanol–water partition coefficient (Wildman–Crippen LogP) is 5.66. The van der Waals surface area contributed by atoms with Crippen LogP contribution in [-0.4, -0.2) is 0 Å². The van der Waals surface area contributed by atoms with Gasteiger partial charge < -0.3 is 0 Å². The van der Waals surface area contributed by atoms with E-state index < -0.39 is 0 Å². The van der Waals surface area contributed by atoms with Gasteiger partial charge in [-0.25, -0.2) is 0 Å². The molecule has 2 aromatic carbocycles. The fourth-order valence-electron chi connectivity index (χ4n) is 1.99. The summed E-state index contributed by atoms with van der Waals surface area (Å²) in [5.41, 5.74) is 3.79. The monoisotopic (exact) mass is 366 g/mol. The van der Waals surface area contributed by atoms with Crippen molar-refractivity contribution in [2.45, 2.75) is 9.79 Å². The number of halogens is 2. The minimum atomic E-state index is 1.00. The lowest BCUT2D eigenvalue weighted by molar-refractivity contribution is 1.29. The summed E-state index contributed by atoms with van der Waals surface area (Å²) in [5, 5.41) is 0. The molecule has 84 valence electrons. The summed E-state index contributed by atoms with van der Waals surface area (Å²) >= 11 is 8.95. The minimum absolute atomic E-state index is 1.00. The fraction of sp³-hybridized carbons (Fsp3) is 0. The molecule has 3 rings (SSSR count). The largest absolute Gasteiger partial charge is 0.0888 e. The molecule has 3 heteroatoms. The second kappa shape index (κ2) is 4.63. The van der Waals surface area contributed by atoms with Gasteiger partial charge in [0.2, 0.25) is 0 Å². The third kappa shape index (κ3) is 2.01. The first-order valence-electron chi connectivity index (χ1n) is 5.19. The molecule has 0 fully saturated rings. The zero-order valence-electron chi connectivity index (χ0n) is 8.78. The molecule has 1 heterocycles. The second-order valence-electron chi connectivity index (χ2n) is 3.73. The Labute approximate surface area is 121 Å². The Hall–Kier alpha value is -0.510. The van der Waals surface area contributed by atoms with E-state index in [9.17, 15) is 0 Å². The molecule has 0 nitrogen and oxygen atoms in total. The van der Waals surface area contributed by atoms with Gasteiger partial charge in [0, 0.05) is 15.4 Å². The summed E-state index contributed by atoms with van der Waals surface area (Å²) in [4.78, 5) is 2.61. The van der Waals surface area contributed by atoms with Crippen LogP contribution in [0.4, 0.5) is 0 Å². The smallest absolute Gasteiger partial charge is 0.0689 e. The van der Waals surface area contributed by atoms with Crippen molar-refractivity contribution in [2.75, 3.05) is 0 Å². The SMILES string of the molecule is BrC(Br)=C1c2ccccc2Sc2ccccc21. The number of hydrogen-bond acceptors (Lipinski definition) is 1. The number of hydrogen-bond donors (Lipinski definition) is 0. The molecule has 0 spiro atoms. The van der Waals surface area contributed by atoms with Crippen molar-refractivity contribution in [2.24, 2.45) is 0 Å². The minimum Gasteiger partial charge on any atom is -0.0888 e. The van der Waals surface area contributed by atoms with Crippen molar-refractivity contribution in [3.8, 4) is 0 Å². The highest BCUT2D eigenvalue weighted by molar-refractivity contribution is 9.28. The van der Waals surface area contributed by atoms with Gasteiger partial charge in [-0.2, -0.15) is 0 Å². The molecule has 0 N–H and O–H groups in total. The second-order valence-corrected chi connectivity index (χ2v) is 7.46. The fourth-order valence-corrected chi connectivity index (χ4v) is 3.94. The normalized spacial score (nSPS) is 12.9. The Morgan fingerprint density at radius 2 is 1.24 bits per heavy atom. The van der Waals surface area contributed by atoms with Crippen LogP contribution in [0.15, 0.2) is 61.7 Å². The number of benzene rings is 2. The van der Waals surface area contributed by atoms with Crippen LogP contribution in [0.25, 0.3) is 5.57 Å². The summed E-state index contributed by atoms with van der Waals surface area (Å²) in [7, 11) is 0. The van der Waals surface area contributed by atoms with E-state index in [0.717, 1.165) is 3.39 Å². The summed E-state index contributed by atoms with van der Waals surface area (Å²) < 4.78 is 1.00. The molecule has 0 saturated heterocycles. The van der Waals surface area contributed by atoms with Crippen LogP contribution < -0.4 is 0 Å². The highest BCUT2D eigenvalue weighted by Gasteiger charge is 2.21. The molecular weight excluding hydrogens is 360 g/mol. The molecule has 0 amide bonds. The maximum Gasteiger partial charge on any atom is 0.0689 e. The summed E-state index contributed by atoms with van der Waals surface area (Å²) in [6, 6.07) is 17.0. The molecule has 1 aliphatic heterocycles. The van der Waals surface area contributed by atoms with E-state index in [1.807, 2.05) is 11.8 Å². The summed E-state index contributed by atoms with van der Waals surface area (Å²) in [6.45, 7) is 0. The standard InChI is InChI=1S/C14H8Br2S/c15-14(16)13-9-5-1-3-7-11(9)17-12-8-4-2-6-10(12)13/h1-8H. The maximum absolute atomic E-state index is 3.56. The zero-order valence-corrected chi connectivity index (χ0v) is 12.8. The van der Waals surface area contributed by atoms with Gasteiger partial charge in [-0.05, 0) is 55.1 Å². The predicted molar refractivity (Wildman–Crippen MR) is 80.9 cm³/mol. The molecule has 0 aliphatic carbocycles. The van der Waals surface area contributed by atoms with Crippen LogP contribution >= 0.6 is 43.6 Å². The van der Waals surface area contributed by atoms with Gasteiger partial charge in [-0.1, -0.05) is 48.2 Å². The van der Waals surface area contributed by atoms with E-state index in [-0.39, 0.29) is 0 Å². The van der Waals surface area contributed by atoms with Crippen molar-refractivity contribution >= 4 is 49.2 Å². The molecule has 0 aromatic heterocycles.